The summed E-state index contributed by atoms with van der Waals surface area (Å²) in [5, 5.41) is 3.51. The van der Waals surface area contributed by atoms with E-state index < -0.39 is 18.0 Å². The Kier molecular flexibility index (Phi) is 5.60. The van der Waals surface area contributed by atoms with Gasteiger partial charge in [-0.2, -0.15) is 0 Å². The molecule has 0 fully saturated rings. The number of hydrogen-bond acceptors (Lipinski definition) is 7. The molecule has 3 heterocycles. The number of hydrogen-bond donors (Lipinski definition) is 1. The maximum Gasteiger partial charge on any atom is 0.339 e. The van der Waals surface area contributed by atoms with E-state index in [9.17, 15) is 9.59 Å². The fourth-order valence-electron chi connectivity index (χ4n) is 4.24. The van der Waals surface area contributed by atoms with Gasteiger partial charge in [-0.3, -0.25) is 14.7 Å². The Morgan fingerprint density at radius 1 is 1.18 bits per heavy atom. The van der Waals surface area contributed by atoms with Crippen LogP contribution in [0.2, 0.25) is 0 Å². The molecular weight excluding hydrogens is 422 g/mol. The van der Waals surface area contributed by atoms with Crippen LogP contribution in [0.25, 0.3) is 10.9 Å². The highest BCUT2D eigenvalue weighted by atomic mass is 16.7. The molecule has 2 aromatic carbocycles. The van der Waals surface area contributed by atoms with Crippen LogP contribution < -0.4 is 14.8 Å². The predicted molar refractivity (Wildman–Crippen MR) is 122 cm³/mol. The van der Waals surface area contributed by atoms with Gasteiger partial charge >= 0.3 is 5.97 Å². The lowest BCUT2D eigenvalue weighted by molar-refractivity contribution is -0.123. The first-order chi connectivity index (χ1) is 16.0. The average Bonchev–Trinajstić information content (AvgIpc) is 3.30. The Balaban J connectivity index is 1.39. The first kappa shape index (κ1) is 21.2. The summed E-state index contributed by atoms with van der Waals surface area (Å²) in [6.45, 7) is 6.23. The van der Waals surface area contributed by atoms with E-state index in [0.717, 1.165) is 41.7 Å². The summed E-state index contributed by atoms with van der Waals surface area (Å²) in [6.07, 6.45) is -0.217. The standard InChI is InChI=1S/C25H25N3O5/c1-3-28-11-10-20-18(13-28)23(17-6-4-5-7-19(17)27-20)25(30)33-15(2)24(29)26-16-8-9-21-22(12-16)32-14-31-21/h4-9,12,15H,3,10-11,13-14H2,1-2H3,(H,26,29). The van der Waals surface area contributed by atoms with Crippen LogP contribution in [0.5, 0.6) is 11.5 Å². The van der Waals surface area contributed by atoms with Gasteiger partial charge in [0.15, 0.2) is 17.6 Å². The minimum absolute atomic E-state index is 0.153. The van der Waals surface area contributed by atoms with Crippen molar-refractivity contribution in [3.8, 4) is 11.5 Å². The lowest BCUT2D eigenvalue weighted by Gasteiger charge is -2.29. The van der Waals surface area contributed by atoms with Crippen molar-refractivity contribution in [3.63, 3.8) is 0 Å². The molecular formula is C25H25N3O5. The van der Waals surface area contributed by atoms with Gasteiger partial charge in [-0.25, -0.2) is 4.79 Å². The number of para-hydroxylation sites is 1. The van der Waals surface area contributed by atoms with E-state index in [1.165, 1.54) is 0 Å². The number of likely N-dealkylation sites (N-methyl/N-ethyl adjacent to an activating group) is 1. The number of aromatic nitrogens is 1. The van der Waals surface area contributed by atoms with Crippen LogP contribution in [0, 0.1) is 0 Å². The van der Waals surface area contributed by atoms with Gasteiger partial charge in [-0.05, 0) is 31.7 Å². The van der Waals surface area contributed by atoms with Crippen molar-refractivity contribution >= 4 is 28.5 Å². The molecule has 33 heavy (non-hydrogen) atoms. The highest BCUT2D eigenvalue weighted by molar-refractivity contribution is 6.06. The molecule has 8 heteroatoms. The van der Waals surface area contributed by atoms with E-state index in [1.54, 1.807) is 25.1 Å². The lowest BCUT2D eigenvalue weighted by Crippen LogP contribution is -2.34. The Labute approximate surface area is 191 Å². The second kappa shape index (κ2) is 8.71. The third kappa shape index (κ3) is 4.09. The quantitative estimate of drug-likeness (QED) is 0.599. The summed E-state index contributed by atoms with van der Waals surface area (Å²) in [5.41, 5.74) is 3.59. The molecule has 0 saturated carbocycles. The molecule has 5 rings (SSSR count). The van der Waals surface area contributed by atoms with E-state index in [4.69, 9.17) is 19.2 Å². The number of fused-ring (bicyclic) bond motifs is 3. The van der Waals surface area contributed by atoms with Gasteiger partial charge < -0.3 is 19.5 Å². The maximum absolute atomic E-state index is 13.4. The fourth-order valence-corrected chi connectivity index (χ4v) is 4.24. The summed E-state index contributed by atoms with van der Waals surface area (Å²) >= 11 is 0. The van der Waals surface area contributed by atoms with Gasteiger partial charge in [-0.15, -0.1) is 0 Å². The Hall–Kier alpha value is -3.65. The zero-order valence-corrected chi connectivity index (χ0v) is 18.6. The lowest BCUT2D eigenvalue weighted by atomic mass is 9.95. The Morgan fingerprint density at radius 3 is 2.85 bits per heavy atom. The number of ether oxygens (including phenoxy) is 3. The van der Waals surface area contributed by atoms with E-state index >= 15 is 0 Å². The third-order valence-electron chi connectivity index (χ3n) is 6.07. The molecule has 3 aromatic rings. The average molecular weight is 447 g/mol. The van der Waals surface area contributed by atoms with E-state index in [-0.39, 0.29) is 6.79 Å². The highest BCUT2D eigenvalue weighted by Gasteiger charge is 2.28. The first-order valence-corrected chi connectivity index (χ1v) is 11.1. The molecule has 1 amide bonds. The SMILES string of the molecule is CCN1CCc2nc3ccccc3c(C(=O)OC(C)C(=O)Nc3ccc4c(c3)OCO4)c2C1. The maximum atomic E-state index is 13.4. The van der Waals surface area contributed by atoms with E-state index in [0.29, 0.717) is 29.3 Å². The molecule has 0 saturated heterocycles. The van der Waals surface area contributed by atoms with Crippen molar-refractivity contribution in [2.24, 2.45) is 0 Å². The molecule has 1 N–H and O–H groups in total. The topological polar surface area (TPSA) is 90.0 Å². The number of nitrogens with zero attached hydrogens (tertiary/aromatic N) is 2. The van der Waals surface area contributed by atoms with Crippen LogP contribution in [0.4, 0.5) is 5.69 Å². The number of amides is 1. The van der Waals surface area contributed by atoms with Crippen molar-refractivity contribution in [2.75, 3.05) is 25.2 Å². The van der Waals surface area contributed by atoms with Gasteiger partial charge in [-0.1, -0.05) is 25.1 Å². The Bertz CT molecular complexity index is 1240. The van der Waals surface area contributed by atoms with Gasteiger partial charge in [0.2, 0.25) is 6.79 Å². The van der Waals surface area contributed by atoms with Crippen LogP contribution in [-0.2, 0) is 22.5 Å². The van der Waals surface area contributed by atoms with E-state index in [2.05, 4.69) is 17.1 Å². The smallest absolute Gasteiger partial charge is 0.339 e. The Morgan fingerprint density at radius 2 is 2.00 bits per heavy atom. The van der Waals surface area contributed by atoms with Gasteiger partial charge in [0, 0.05) is 47.9 Å². The second-order valence-electron chi connectivity index (χ2n) is 8.15. The van der Waals surface area contributed by atoms with Gasteiger partial charge in [0.05, 0.1) is 11.1 Å². The molecule has 1 atom stereocenters. The van der Waals surface area contributed by atoms with Crippen molar-refractivity contribution in [1.82, 2.24) is 9.88 Å². The molecule has 1 aromatic heterocycles. The summed E-state index contributed by atoms with van der Waals surface area (Å²) in [6, 6.07) is 12.7. The zero-order chi connectivity index (χ0) is 22.9. The number of carbonyl (C=O) groups is 2. The van der Waals surface area contributed by atoms with Crippen molar-refractivity contribution in [3.05, 3.63) is 59.3 Å². The number of rotatable bonds is 5. The predicted octanol–water partition coefficient (Wildman–Crippen LogP) is 3.53. The molecule has 2 aliphatic heterocycles. The number of esters is 1. The molecule has 0 aliphatic carbocycles. The highest BCUT2D eigenvalue weighted by Crippen LogP contribution is 2.34. The normalized spacial score (nSPS) is 15.7. The van der Waals surface area contributed by atoms with Crippen molar-refractivity contribution in [2.45, 2.75) is 32.9 Å². The molecule has 1 unspecified atom stereocenters. The number of benzene rings is 2. The molecule has 0 bridgehead atoms. The summed E-state index contributed by atoms with van der Waals surface area (Å²) < 4.78 is 16.3. The summed E-state index contributed by atoms with van der Waals surface area (Å²) in [7, 11) is 0. The first-order valence-electron chi connectivity index (χ1n) is 11.1. The number of nitrogens with one attached hydrogen (secondary N) is 1. The van der Waals surface area contributed by atoms with Gasteiger partial charge in [0.1, 0.15) is 0 Å². The molecule has 0 radical (unpaired) electrons. The van der Waals surface area contributed by atoms with Gasteiger partial charge in [0.25, 0.3) is 5.91 Å². The third-order valence-corrected chi connectivity index (χ3v) is 6.07. The summed E-state index contributed by atoms with van der Waals surface area (Å²) in [5.74, 6) is 0.247. The molecule has 2 aliphatic rings. The fraction of sp³-hybridized carbons (Fsp3) is 0.320. The van der Waals surface area contributed by atoms with Crippen LogP contribution in [0.3, 0.4) is 0 Å². The van der Waals surface area contributed by atoms with E-state index in [1.807, 2.05) is 24.3 Å². The van der Waals surface area contributed by atoms with Crippen LogP contribution in [0.1, 0.15) is 35.5 Å². The zero-order valence-electron chi connectivity index (χ0n) is 18.6. The second-order valence-corrected chi connectivity index (χ2v) is 8.15. The monoisotopic (exact) mass is 447 g/mol. The number of carbonyl (C=O) groups excluding carboxylic acids is 2. The van der Waals surface area contributed by atoms with Crippen molar-refractivity contribution in [1.29, 1.82) is 0 Å². The van der Waals surface area contributed by atoms with Crippen LogP contribution >= 0.6 is 0 Å². The summed E-state index contributed by atoms with van der Waals surface area (Å²) in [4.78, 5) is 33.2. The number of pyridine rings is 1. The van der Waals surface area contributed by atoms with Crippen LogP contribution in [0.15, 0.2) is 42.5 Å². The number of anilines is 1. The molecule has 8 nitrogen and oxygen atoms in total. The molecule has 0 spiro atoms. The minimum atomic E-state index is -0.989. The van der Waals surface area contributed by atoms with Crippen molar-refractivity contribution < 1.29 is 23.8 Å². The van der Waals surface area contributed by atoms with Crippen LogP contribution in [-0.4, -0.2) is 47.7 Å². The molecule has 170 valence electrons. The minimum Gasteiger partial charge on any atom is -0.454 e. The largest absolute Gasteiger partial charge is 0.454 e.